The molecule has 1 aromatic heterocycles. The highest BCUT2D eigenvalue weighted by Gasteiger charge is 2.09. The number of nitrogens with two attached hydrogens (primary N) is 1. The molecule has 0 saturated heterocycles. The molecule has 5 nitrogen and oxygen atoms in total. The Labute approximate surface area is 73.0 Å². The van der Waals surface area contributed by atoms with Gasteiger partial charge in [-0.3, -0.25) is 13.9 Å². The van der Waals surface area contributed by atoms with E-state index in [-0.39, 0.29) is 10.8 Å². The van der Waals surface area contributed by atoms with Gasteiger partial charge in [-0.25, -0.2) is 4.79 Å². The van der Waals surface area contributed by atoms with Gasteiger partial charge in [-0.05, 0) is 0 Å². The van der Waals surface area contributed by atoms with Crippen molar-refractivity contribution in [1.29, 1.82) is 0 Å². The maximum atomic E-state index is 11.1. The van der Waals surface area contributed by atoms with E-state index in [9.17, 15) is 9.59 Å². The summed E-state index contributed by atoms with van der Waals surface area (Å²) in [4.78, 5) is 22.2. The van der Waals surface area contributed by atoms with Crippen LogP contribution in [0.1, 0.15) is 0 Å². The molecule has 0 aliphatic rings. The van der Waals surface area contributed by atoms with E-state index in [0.717, 1.165) is 9.13 Å². The highest BCUT2D eigenvalue weighted by molar-refractivity contribution is 6.32. The van der Waals surface area contributed by atoms with Crippen molar-refractivity contribution in [2.45, 2.75) is 0 Å². The summed E-state index contributed by atoms with van der Waals surface area (Å²) in [5.74, 6) is -0.00948. The number of hydrogen-bond donors (Lipinski definition) is 1. The maximum absolute atomic E-state index is 11.1. The van der Waals surface area contributed by atoms with E-state index in [1.807, 2.05) is 0 Å². The molecule has 1 rings (SSSR count). The summed E-state index contributed by atoms with van der Waals surface area (Å²) < 4.78 is 2.02. The molecule has 0 radical (unpaired) electrons. The van der Waals surface area contributed by atoms with Crippen molar-refractivity contribution in [3.05, 3.63) is 25.9 Å². The molecular formula is C6H8ClN3O2. The van der Waals surface area contributed by atoms with Gasteiger partial charge in [0.1, 0.15) is 10.8 Å². The van der Waals surface area contributed by atoms with Gasteiger partial charge in [0.15, 0.2) is 0 Å². The summed E-state index contributed by atoms with van der Waals surface area (Å²) in [5.41, 5.74) is 4.31. The van der Waals surface area contributed by atoms with Crippen LogP contribution in [-0.4, -0.2) is 9.13 Å². The fourth-order valence-electron chi connectivity index (χ4n) is 0.819. The monoisotopic (exact) mass is 189 g/mol. The Kier molecular flexibility index (Phi) is 1.97. The van der Waals surface area contributed by atoms with E-state index in [2.05, 4.69) is 0 Å². The Morgan fingerprint density at radius 1 is 1.25 bits per heavy atom. The Morgan fingerprint density at radius 2 is 1.75 bits per heavy atom. The van der Waals surface area contributed by atoms with Crippen LogP contribution in [0.2, 0.25) is 5.02 Å². The molecule has 0 aliphatic carbocycles. The van der Waals surface area contributed by atoms with Crippen LogP contribution in [0, 0.1) is 0 Å². The minimum atomic E-state index is -0.572. The molecular weight excluding hydrogens is 182 g/mol. The first-order valence-corrected chi connectivity index (χ1v) is 3.55. The quantitative estimate of drug-likeness (QED) is 0.588. The van der Waals surface area contributed by atoms with Crippen molar-refractivity contribution >= 4 is 17.4 Å². The van der Waals surface area contributed by atoms with E-state index >= 15 is 0 Å². The standard InChI is InChI=1S/C6H8ClN3O2/c1-9-4(8)3(7)5(11)10(2)6(9)12/h8H2,1-2H3. The number of anilines is 1. The lowest BCUT2D eigenvalue weighted by molar-refractivity contribution is 0.694. The molecule has 1 aromatic rings. The van der Waals surface area contributed by atoms with Crippen molar-refractivity contribution in [3.63, 3.8) is 0 Å². The molecule has 0 unspecified atom stereocenters. The topological polar surface area (TPSA) is 70.0 Å². The van der Waals surface area contributed by atoms with Gasteiger partial charge in [-0.1, -0.05) is 11.6 Å². The van der Waals surface area contributed by atoms with Crippen molar-refractivity contribution in [2.24, 2.45) is 14.1 Å². The minimum Gasteiger partial charge on any atom is -0.384 e. The first kappa shape index (κ1) is 8.86. The van der Waals surface area contributed by atoms with Gasteiger partial charge in [0.05, 0.1) is 0 Å². The van der Waals surface area contributed by atoms with Gasteiger partial charge in [-0.15, -0.1) is 0 Å². The normalized spacial score (nSPS) is 10.2. The number of hydrogen-bond acceptors (Lipinski definition) is 3. The first-order chi connectivity index (χ1) is 5.46. The zero-order valence-electron chi connectivity index (χ0n) is 6.67. The number of rotatable bonds is 0. The molecule has 0 aliphatic heterocycles. The summed E-state index contributed by atoms with van der Waals surface area (Å²) in [5, 5.41) is -0.125. The second-order valence-electron chi connectivity index (χ2n) is 2.40. The summed E-state index contributed by atoms with van der Waals surface area (Å²) in [7, 11) is 2.79. The van der Waals surface area contributed by atoms with Crippen LogP contribution in [0.4, 0.5) is 5.82 Å². The molecule has 12 heavy (non-hydrogen) atoms. The smallest absolute Gasteiger partial charge is 0.332 e. The highest BCUT2D eigenvalue weighted by Crippen LogP contribution is 2.07. The van der Waals surface area contributed by atoms with E-state index < -0.39 is 11.2 Å². The lowest BCUT2D eigenvalue weighted by atomic mass is 10.5. The minimum absolute atomic E-state index is 0.00948. The van der Waals surface area contributed by atoms with Crippen LogP contribution in [0.25, 0.3) is 0 Å². The Hall–Kier alpha value is -1.23. The van der Waals surface area contributed by atoms with E-state index in [4.69, 9.17) is 17.3 Å². The van der Waals surface area contributed by atoms with E-state index in [0.29, 0.717) is 0 Å². The fourth-order valence-corrected chi connectivity index (χ4v) is 1.07. The number of nitrogen functional groups attached to an aromatic ring is 1. The summed E-state index contributed by atoms with van der Waals surface area (Å²) in [6.45, 7) is 0. The highest BCUT2D eigenvalue weighted by atomic mass is 35.5. The van der Waals surface area contributed by atoms with Gasteiger partial charge in [-0.2, -0.15) is 0 Å². The summed E-state index contributed by atoms with van der Waals surface area (Å²) in [6, 6.07) is 0. The Bertz CT molecular complexity index is 394. The summed E-state index contributed by atoms with van der Waals surface area (Å²) >= 11 is 5.54. The number of nitrogens with zero attached hydrogens (tertiary/aromatic N) is 2. The zero-order valence-corrected chi connectivity index (χ0v) is 7.42. The van der Waals surface area contributed by atoms with E-state index in [1.165, 1.54) is 14.1 Å². The molecule has 66 valence electrons. The van der Waals surface area contributed by atoms with Gasteiger partial charge < -0.3 is 5.73 Å². The van der Waals surface area contributed by atoms with Crippen LogP contribution < -0.4 is 17.0 Å². The van der Waals surface area contributed by atoms with Crippen LogP contribution >= 0.6 is 11.6 Å². The van der Waals surface area contributed by atoms with Crippen LogP contribution in [0.5, 0.6) is 0 Å². The molecule has 0 aromatic carbocycles. The lowest BCUT2D eigenvalue weighted by Crippen LogP contribution is -2.38. The predicted octanol–water partition coefficient (Wildman–Crippen LogP) is -0.680. The largest absolute Gasteiger partial charge is 0.384 e. The maximum Gasteiger partial charge on any atom is 0.332 e. The Balaban J connectivity index is 3.86. The molecule has 0 saturated carbocycles. The first-order valence-electron chi connectivity index (χ1n) is 3.17. The van der Waals surface area contributed by atoms with Crippen LogP contribution in [-0.2, 0) is 14.1 Å². The SMILES string of the molecule is Cn1c(N)c(Cl)c(=O)n(C)c1=O. The predicted molar refractivity (Wildman–Crippen MR) is 46.3 cm³/mol. The third-order valence-corrected chi connectivity index (χ3v) is 2.01. The third-order valence-electron chi connectivity index (χ3n) is 1.65. The molecule has 0 atom stereocenters. The second-order valence-corrected chi connectivity index (χ2v) is 2.78. The fraction of sp³-hybridized carbons (Fsp3) is 0.333. The Morgan fingerprint density at radius 3 is 2.25 bits per heavy atom. The molecule has 0 bridgehead atoms. The van der Waals surface area contributed by atoms with E-state index in [1.54, 1.807) is 0 Å². The molecule has 6 heteroatoms. The zero-order chi connectivity index (χ0) is 9.46. The summed E-state index contributed by atoms with van der Waals surface area (Å²) in [6.07, 6.45) is 0. The molecule has 1 heterocycles. The van der Waals surface area contributed by atoms with Crippen molar-refractivity contribution in [1.82, 2.24) is 9.13 Å². The second kappa shape index (κ2) is 2.67. The van der Waals surface area contributed by atoms with Gasteiger partial charge >= 0.3 is 5.69 Å². The average molecular weight is 190 g/mol. The average Bonchev–Trinajstić information content (AvgIpc) is 2.08. The van der Waals surface area contributed by atoms with Crippen LogP contribution in [0.15, 0.2) is 9.59 Å². The molecule has 0 fully saturated rings. The van der Waals surface area contributed by atoms with Crippen molar-refractivity contribution < 1.29 is 0 Å². The van der Waals surface area contributed by atoms with Crippen LogP contribution in [0.3, 0.4) is 0 Å². The van der Waals surface area contributed by atoms with Gasteiger partial charge in [0.2, 0.25) is 0 Å². The van der Waals surface area contributed by atoms with Gasteiger partial charge in [0, 0.05) is 14.1 Å². The van der Waals surface area contributed by atoms with Gasteiger partial charge in [0.25, 0.3) is 5.56 Å². The van der Waals surface area contributed by atoms with Crippen molar-refractivity contribution in [2.75, 3.05) is 5.73 Å². The molecule has 0 spiro atoms. The molecule has 0 amide bonds. The third kappa shape index (κ3) is 1.02. The number of aromatic nitrogens is 2. The van der Waals surface area contributed by atoms with Crippen molar-refractivity contribution in [3.8, 4) is 0 Å². The number of halogens is 1. The lowest BCUT2D eigenvalue weighted by Gasteiger charge is -2.06. The molecule has 2 N–H and O–H groups in total.